The summed E-state index contributed by atoms with van der Waals surface area (Å²) < 4.78 is 23.4. The van der Waals surface area contributed by atoms with Crippen LogP contribution in [0.15, 0.2) is 54.6 Å². The first kappa shape index (κ1) is 36.1. The topological polar surface area (TPSA) is 132 Å². The summed E-state index contributed by atoms with van der Waals surface area (Å²) in [7, 11) is 3.04. The number of hydrogen-bond acceptors (Lipinski definition) is 9. The molecule has 49 heavy (non-hydrogen) atoms. The maximum Gasteiger partial charge on any atom is 0.313 e. The second-order valence-electron chi connectivity index (χ2n) is 13.6. The molecule has 3 N–H and O–H groups in total. The molecule has 0 amide bonds. The van der Waals surface area contributed by atoms with Crippen molar-refractivity contribution in [3.05, 3.63) is 82.4 Å². The minimum atomic E-state index is -0.562. The molecule has 9 heteroatoms. The highest BCUT2D eigenvalue weighted by Gasteiger charge is 2.43. The van der Waals surface area contributed by atoms with Crippen molar-refractivity contribution in [1.82, 2.24) is 0 Å². The number of carbonyl (C=O) groups is 2. The lowest BCUT2D eigenvalue weighted by Gasteiger charge is -2.43. The standard InChI is InChI=1S/C40H50O9/c1-5-6-7-11-33(27-10-8-9-25(14-27)23-41)40(45)49-32-17-28(26-12-13-35(43)38(20-26)46-3)15-31-16-29-19-36(44)39(47-4)21-30(29)18-34(31)37(22-32)48-24(2)42/h8-10,12-14,19-21,28,31-34,37,41,43-44H,5-7,11,15-18,22-23H2,1-4H3/t28-,31-,32-,33+,34-,37-/m1/s1. The van der Waals surface area contributed by atoms with Gasteiger partial charge < -0.3 is 34.3 Å². The highest BCUT2D eigenvalue weighted by Crippen LogP contribution is 2.47. The van der Waals surface area contributed by atoms with E-state index in [2.05, 4.69) is 6.92 Å². The Balaban J connectivity index is 1.52. The largest absolute Gasteiger partial charge is 0.504 e. The highest BCUT2D eigenvalue weighted by molar-refractivity contribution is 5.78. The average molecular weight is 675 g/mol. The van der Waals surface area contributed by atoms with E-state index in [0.717, 1.165) is 47.1 Å². The number of aliphatic hydroxyl groups is 1. The molecule has 0 spiro atoms. The summed E-state index contributed by atoms with van der Waals surface area (Å²) in [4.78, 5) is 26.7. The molecule has 1 saturated carbocycles. The predicted molar refractivity (Wildman–Crippen MR) is 185 cm³/mol. The molecule has 0 heterocycles. The number of methoxy groups -OCH3 is 2. The molecule has 0 aromatic heterocycles. The maximum atomic E-state index is 14.2. The van der Waals surface area contributed by atoms with Crippen molar-refractivity contribution in [2.75, 3.05) is 14.2 Å². The van der Waals surface area contributed by atoms with Crippen LogP contribution in [0.25, 0.3) is 0 Å². The maximum absolute atomic E-state index is 14.2. The Bertz CT molecular complexity index is 1600. The van der Waals surface area contributed by atoms with Crippen LogP contribution in [-0.2, 0) is 38.5 Å². The summed E-state index contributed by atoms with van der Waals surface area (Å²) in [6.07, 6.45) is 5.22. The monoisotopic (exact) mass is 674 g/mol. The molecule has 0 aliphatic heterocycles. The Morgan fingerprint density at radius 3 is 2.33 bits per heavy atom. The van der Waals surface area contributed by atoms with Crippen LogP contribution >= 0.6 is 0 Å². The summed E-state index contributed by atoms with van der Waals surface area (Å²) in [6.45, 7) is 3.42. The van der Waals surface area contributed by atoms with Crippen LogP contribution in [0.3, 0.4) is 0 Å². The molecule has 0 saturated heterocycles. The van der Waals surface area contributed by atoms with Crippen molar-refractivity contribution in [3.8, 4) is 23.0 Å². The van der Waals surface area contributed by atoms with Crippen LogP contribution < -0.4 is 9.47 Å². The molecule has 0 bridgehead atoms. The number of unbranched alkanes of at least 4 members (excludes halogenated alkanes) is 2. The molecule has 3 aromatic rings. The normalized spacial score (nSPS) is 22.4. The van der Waals surface area contributed by atoms with Gasteiger partial charge in [0.25, 0.3) is 0 Å². The van der Waals surface area contributed by atoms with Crippen molar-refractivity contribution >= 4 is 11.9 Å². The second-order valence-corrected chi connectivity index (χ2v) is 13.6. The van der Waals surface area contributed by atoms with Crippen LogP contribution in [0.4, 0.5) is 0 Å². The fourth-order valence-corrected chi connectivity index (χ4v) is 7.89. The zero-order valence-corrected chi connectivity index (χ0v) is 29.0. The molecule has 1 fully saturated rings. The van der Waals surface area contributed by atoms with Crippen molar-refractivity contribution in [1.29, 1.82) is 0 Å². The quantitative estimate of drug-likeness (QED) is 0.136. The van der Waals surface area contributed by atoms with Crippen LogP contribution in [-0.4, -0.2) is 53.7 Å². The Morgan fingerprint density at radius 1 is 0.857 bits per heavy atom. The number of phenols is 2. The van der Waals surface area contributed by atoms with Gasteiger partial charge in [-0.2, -0.15) is 0 Å². The van der Waals surface area contributed by atoms with Gasteiger partial charge in [-0.15, -0.1) is 0 Å². The summed E-state index contributed by atoms with van der Waals surface area (Å²) in [6, 6.07) is 16.5. The Hall–Kier alpha value is -4.24. The number of hydrogen-bond donors (Lipinski definition) is 3. The summed E-state index contributed by atoms with van der Waals surface area (Å²) in [5.74, 6) is -0.367. The second kappa shape index (κ2) is 16.4. The Morgan fingerprint density at radius 2 is 1.61 bits per heavy atom. The number of esters is 2. The van der Waals surface area contributed by atoms with E-state index < -0.39 is 18.1 Å². The van der Waals surface area contributed by atoms with Gasteiger partial charge in [-0.25, -0.2) is 0 Å². The van der Waals surface area contributed by atoms with E-state index in [1.807, 2.05) is 42.5 Å². The smallest absolute Gasteiger partial charge is 0.313 e. The molecule has 3 aromatic carbocycles. The number of benzene rings is 3. The van der Waals surface area contributed by atoms with E-state index in [9.17, 15) is 24.9 Å². The van der Waals surface area contributed by atoms with Crippen molar-refractivity contribution in [3.63, 3.8) is 0 Å². The van der Waals surface area contributed by atoms with Crippen molar-refractivity contribution < 1.29 is 43.9 Å². The summed E-state index contributed by atoms with van der Waals surface area (Å²) in [5.41, 5.74) is 4.58. The molecule has 264 valence electrons. The van der Waals surface area contributed by atoms with Gasteiger partial charge in [-0.3, -0.25) is 9.59 Å². The molecular formula is C40H50O9. The molecule has 0 radical (unpaired) electrons. The van der Waals surface area contributed by atoms with Gasteiger partial charge in [0.1, 0.15) is 12.2 Å². The number of carbonyl (C=O) groups excluding carboxylic acids is 2. The van der Waals surface area contributed by atoms with E-state index in [1.165, 1.54) is 21.1 Å². The first-order valence-electron chi connectivity index (χ1n) is 17.5. The van der Waals surface area contributed by atoms with Gasteiger partial charge >= 0.3 is 11.9 Å². The van der Waals surface area contributed by atoms with Crippen LogP contribution in [0.1, 0.15) is 98.4 Å². The van der Waals surface area contributed by atoms with Gasteiger partial charge in [0.05, 0.1) is 26.7 Å². The highest BCUT2D eigenvalue weighted by atomic mass is 16.6. The van der Waals surface area contributed by atoms with Gasteiger partial charge in [-0.05, 0) is 96.0 Å². The number of fused-ring (bicyclic) bond motifs is 2. The third-order valence-electron chi connectivity index (χ3n) is 10.3. The van der Waals surface area contributed by atoms with Crippen LogP contribution in [0.5, 0.6) is 23.0 Å². The number of aliphatic hydroxyl groups excluding tert-OH is 1. The predicted octanol–water partition coefficient (Wildman–Crippen LogP) is 7.11. The average Bonchev–Trinajstić information content (AvgIpc) is 3.08. The molecule has 2 aliphatic carbocycles. The minimum Gasteiger partial charge on any atom is -0.504 e. The molecule has 0 unspecified atom stereocenters. The fourth-order valence-electron chi connectivity index (χ4n) is 7.89. The molecule has 6 atom stereocenters. The minimum absolute atomic E-state index is 0.0453. The lowest BCUT2D eigenvalue weighted by Crippen LogP contribution is -2.43. The van der Waals surface area contributed by atoms with E-state index in [4.69, 9.17) is 18.9 Å². The number of rotatable bonds is 12. The zero-order chi connectivity index (χ0) is 35.1. The SMILES string of the molecule is CCCCC[C@H](C(=O)O[C@@H]1C[C@H](c2ccc(O)c(OC)c2)C[C@@H]2Cc3cc(O)c(OC)cc3C[C@H]2[C@H](OC(C)=O)C1)c1cccc(CO)c1. The third-order valence-corrected chi connectivity index (χ3v) is 10.3. The van der Waals surface area contributed by atoms with E-state index >= 15 is 0 Å². The Kier molecular flexibility index (Phi) is 12.1. The van der Waals surface area contributed by atoms with Gasteiger partial charge in [0.2, 0.25) is 0 Å². The van der Waals surface area contributed by atoms with E-state index in [-0.39, 0.29) is 47.8 Å². The zero-order valence-electron chi connectivity index (χ0n) is 29.0. The van der Waals surface area contributed by atoms with Crippen molar-refractivity contribution in [2.24, 2.45) is 11.8 Å². The fraction of sp³-hybridized carbons (Fsp3) is 0.500. The molecule has 9 nitrogen and oxygen atoms in total. The number of phenolic OH excluding ortho intramolecular Hbond substituents is 2. The van der Waals surface area contributed by atoms with E-state index in [1.54, 1.807) is 12.1 Å². The van der Waals surface area contributed by atoms with Crippen LogP contribution in [0, 0.1) is 11.8 Å². The van der Waals surface area contributed by atoms with Crippen LogP contribution in [0.2, 0.25) is 0 Å². The lowest BCUT2D eigenvalue weighted by atomic mass is 9.66. The number of aromatic hydroxyl groups is 2. The summed E-state index contributed by atoms with van der Waals surface area (Å²) in [5, 5.41) is 30.8. The molecule has 2 aliphatic rings. The van der Waals surface area contributed by atoms with Gasteiger partial charge in [0, 0.05) is 19.3 Å². The van der Waals surface area contributed by atoms with Gasteiger partial charge in [0.15, 0.2) is 23.0 Å². The van der Waals surface area contributed by atoms with Crippen molar-refractivity contribution in [2.45, 2.75) is 102 Å². The third kappa shape index (κ3) is 8.68. The summed E-state index contributed by atoms with van der Waals surface area (Å²) >= 11 is 0. The van der Waals surface area contributed by atoms with Gasteiger partial charge in [-0.1, -0.05) is 56.5 Å². The number of ether oxygens (including phenoxy) is 4. The Labute approximate surface area is 289 Å². The lowest BCUT2D eigenvalue weighted by molar-refractivity contribution is -0.161. The van der Waals surface area contributed by atoms with E-state index in [0.29, 0.717) is 50.0 Å². The first-order valence-corrected chi connectivity index (χ1v) is 17.5. The first-order chi connectivity index (χ1) is 23.6. The molecular weight excluding hydrogens is 624 g/mol. The molecule has 5 rings (SSSR count).